The van der Waals surface area contributed by atoms with Crippen LogP contribution >= 0.6 is 12.2 Å². The Bertz CT molecular complexity index is 840. The quantitative estimate of drug-likeness (QED) is 0.541. The third kappa shape index (κ3) is 2.03. The van der Waals surface area contributed by atoms with Crippen LogP contribution in [0.5, 0.6) is 0 Å². The Hall–Kier alpha value is -1.59. The minimum atomic E-state index is -1.35. The van der Waals surface area contributed by atoms with Gasteiger partial charge >= 0.3 is 5.69 Å². The molecule has 3 heterocycles. The zero-order valence-corrected chi connectivity index (χ0v) is 12.8. The van der Waals surface area contributed by atoms with Crippen molar-refractivity contribution in [3.05, 3.63) is 21.5 Å². The summed E-state index contributed by atoms with van der Waals surface area (Å²) < 4.78 is 9.75. The number of hydrogen-bond acceptors (Lipinski definition) is 7. The Morgan fingerprint density at radius 2 is 1.95 bits per heavy atom. The molecule has 0 radical (unpaired) electrons. The molecule has 10 heteroatoms. The van der Waals surface area contributed by atoms with Crippen LogP contribution in [0.3, 0.4) is 0 Å². The van der Waals surface area contributed by atoms with Gasteiger partial charge in [-0.3, -0.25) is 13.7 Å². The van der Waals surface area contributed by atoms with Crippen molar-refractivity contribution in [2.75, 3.05) is 6.61 Å². The summed E-state index contributed by atoms with van der Waals surface area (Å²) in [7, 11) is 3.10. The van der Waals surface area contributed by atoms with Gasteiger partial charge in [-0.1, -0.05) is 12.2 Å². The van der Waals surface area contributed by atoms with Gasteiger partial charge in [0.15, 0.2) is 11.9 Å². The number of hydrogen-bond donors (Lipinski definition) is 3. The van der Waals surface area contributed by atoms with Crippen molar-refractivity contribution < 1.29 is 20.1 Å². The lowest BCUT2D eigenvalue weighted by Crippen LogP contribution is -2.50. The van der Waals surface area contributed by atoms with Gasteiger partial charge in [0.05, 0.1) is 12.9 Å². The minimum absolute atomic E-state index is 0.132. The maximum Gasteiger partial charge on any atom is 0.330 e. The van der Waals surface area contributed by atoms with Crippen LogP contribution in [-0.4, -0.2) is 58.9 Å². The summed E-state index contributed by atoms with van der Waals surface area (Å²) in [5.41, 5.74) is 0.472. The Balaban J connectivity index is 2.21. The number of imidazole rings is 1. The number of fused-ring (bicyclic) bond motifs is 1. The summed E-state index contributed by atoms with van der Waals surface area (Å²) in [6.07, 6.45) is -3.42. The van der Waals surface area contributed by atoms with Crippen LogP contribution in [0, 0.1) is 4.64 Å². The largest absolute Gasteiger partial charge is 0.388 e. The van der Waals surface area contributed by atoms with Gasteiger partial charge in [-0.2, -0.15) is 0 Å². The van der Waals surface area contributed by atoms with E-state index in [1.165, 1.54) is 27.1 Å². The van der Waals surface area contributed by atoms with Crippen molar-refractivity contribution in [3.63, 3.8) is 0 Å². The monoisotopic (exact) mass is 328 g/mol. The second-order valence-electron chi connectivity index (χ2n) is 5.30. The molecule has 2 aromatic heterocycles. The molecular weight excluding hydrogens is 312 g/mol. The molecule has 120 valence electrons. The van der Waals surface area contributed by atoms with Gasteiger partial charge < -0.3 is 20.1 Å². The Morgan fingerprint density at radius 1 is 1.27 bits per heavy atom. The van der Waals surface area contributed by atoms with Crippen LogP contribution in [-0.2, 0) is 18.8 Å². The summed E-state index contributed by atoms with van der Waals surface area (Å²) in [4.78, 5) is 16.1. The molecule has 0 spiro atoms. The van der Waals surface area contributed by atoms with E-state index in [0.29, 0.717) is 11.2 Å². The molecule has 0 aromatic carbocycles. The topological polar surface area (TPSA) is 115 Å². The summed E-state index contributed by atoms with van der Waals surface area (Å²) >= 11 is 5.28. The van der Waals surface area contributed by atoms with Gasteiger partial charge in [0.25, 0.3) is 0 Å². The van der Waals surface area contributed by atoms with Gasteiger partial charge in [-0.05, 0) is 0 Å². The normalized spacial score (nSPS) is 29.1. The maximum absolute atomic E-state index is 12.0. The number of rotatable bonds is 1. The van der Waals surface area contributed by atoms with E-state index in [1.54, 1.807) is 7.05 Å². The highest BCUT2D eigenvalue weighted by atomic mass is 32.1. The molecule has 0 amide bonds. The van der Waals surface area contributed by atoms with E-state index in [9.17, 15) is 20.1 Å². The van der Waals surface area contributed by atoms with Crippen molar-refractivity contribution in [1.82, 2.24) is 18.7 Å². The van der Waals surface area contributed by atoms with Crippen LogP contribution in [0.2, 0.25) is 0 Å². The molecule has 3 N–H and O–H groups in total. The molecule has 0 bridgehead atoms. The molecule has 3 rings (SSSR count). The molecule has 1 saturated heterocycles. The highest BCUT2D eigenvalue weighted by Gasteiger charge is 2.39. The predicted molar refractivity (Wildman–Crippen MR) is 77.8 cm³/mol. The smallest absolute Gasteiger partial charge is 0.330 e. The standard InChI is InChI=1S/C12H16N4O5S/c1-14-9-6(11(22)15(2)12(14)20)16(4-13-9)10-8(19)7(18)5(17)3-21-10/h4-5,7-8,10,17-19H,3H2,1-2H3/t5-,7-,8-,10-/m1/s1. The lowest BCUT2D eigenvalue weighted by atomic mass is 10.0. The zero-order valence-electron chi connectivity index (χ0n) is 11.9. The second-order valence-corrected chi connectivity index (χ2v) is 5.69. The number of ether oxygens (including phenoxy) is 1. The molecule has 9 nitrogen and oxygen atoms in total. The first-order valence-corrected chi connectivity index (χ1v) is 7.03. The van der Waals surface area contributed by atoms with Crippen molar-refractivity contribution in [3.8, 4) is 0 Å². The number of aliphatic hydroxyl groups excluding tert-OH is 3. The molecule has 0 saturated carbocycles. The third-order valence-corrected chi connectivity index (χ3v) is 4.39. The maximum atomic E-state index is 12.0. The first-order chi connectivity index (χ1) is 10.3. The van der Waals surface area contributed by atoms with Crippen LogP contribution in [0.15, 0.2) is 11.1 Å². The summed E-state index contributed by atoms with van der Waals surface area (Å²) in [6, 6.07) is 0. The van der Waals surface area contributed by atoms with Crippen LogP contribution in [0.25, 0.3) is 11.2 Å². The second kappa shape index (κ2) is 5.25. The first kappa shape index (κ1) is 15.3. The average Bonchev–Trinajstić information content (AvgIpc) is 2.93. The molecule has 1 aliphatic heterocycles. The fraction of sp³-hybridized carbons (Fsp3) is 0.583. The van der Waals surface area contributed by atoms with Crippen LogP contribution < -0.4 is 5.69 Å². The molecule has 1 aliphatic rings. The average molecular weight is 328 g/mol. The first-order valence-electron chi connectivity index (χ1n) is 6.63. The van der Waals surface area contributed by atoms with E-state index in [2.05, 4.69) is 4.98 Å². The predicted octanol–water partition coefficient (Wildman–Crippen LogP) is -1.59. The fourth-order valence-corrected chi connectivity index (χ4v) is 2.87. The molecule has 2 aromatic rings. The SMILES string of the molecule is Cn1c(=S)c2c(ncn2[C@@H]2OC[C@@H](O)[C@@H](O)[C@H]2O)n(C)c1=O. The third-order valence-electron chi connectivity index (χ3n) is 3.92. The van der Waals surface area contributed by atoms with Crippen molar-refractivity contribution >= 4 is 23.4 Å². The summed E-state index contributed by atoms with van der Waals surface area (Å²) in [5.74, 6) is 0. The van der Waals surface area contributed by atoms with Crippen molar-refractivity contribution in [2.24, 2.45) is 14.1 Å². The van der Waals surface area contributed by atoms with E-state index in [4.69, 9.17) is 17.0 Å². The van der Waals surface area contributed by atoms with Gasteiger partial charge in [-0.15, -0.1) is 0 Å². The molecule has 1 fully saturated rings. The van der Waals surface area contributed by atoms with Crippen molar-refractivity contribution in [1.29, 1.82) is 0 Å². The lowest BCUT2D eigenvalue weighted by molar-refractivity contribution is -0.209. The highest BCUT2D eigenvalue weighted by Crippen LogP contribution is 2.27. The Morgan fingerprint density at radius 3 is 2.64 bits per heavy atom. The van der Waals surface area contributed by atoms with Gasteiger partial charge in [0, 0.05) is 14.1 Å². The molecule has 22 heavy (non-hydrogen) atoms. The number of aliphatic hydroxyl groups is 3. The van der Waals surface area contributed by atoms with Gasteiger partial charge in [0.2, 0.25) is 0 Å². The molecule has 0 aliphatic carbocycles. The van der Waals surface area contributed by atoms with E-state index >= 15 is 0 Å². The molecular formula is C12H16N4O5S. The molecule has 0 unspecified atom stereocenters. The van der Waals surface area contributed by atoms with E-state index in [-0.39, 0.29) is 16.9 Å². The Kier molecular flexibility index (Phi) is 3.65. The van der Waals surface area contributed by atoms with E-state index < -0.39 is 24.5 Å². The van der Waals surface area contributed by atoms with Gasteiger partial charge in [0.1, 0.15) is 28.5 Å². The van der Waals surface area contributed by atoms with Crippen LogP contribution in [0.1, 0.15) is 6.23 Å². The Labute approximate surface area is 129 Å². The van der Waals surface area contributed by atoms with E-state index in [0.717, 1.165) is 0 Å². The highest BCUT2D eigenvalue weighted by molar-refractivity contribution is 7.71. The number of aryl methyl sites for hydroxylation is 1. The van der Waals surface area contributed by atoms with Crippen molar-refractivity contribution in [2.45, 2.75) is 24.5 Å². The lowest BCUT2D eigenvalue weighted by Gasteiger charge is -2.35. The zero-order chi connectivity index (χ0) is 16.2. The van der Waals surface area contributed by atoms with Crippen LogP contribution in [0.4, 0.5) is 0 Å². The van der Waals surface area contributed by atoms with Gasteiger partial charge in [-0.25, -0.2) is 9.78 Å². The summed E-state index contributed by atoms with van der Waals surface area (Å²) in [5, 5.41) is 29.5. The summed E-state index contributed by atoms with van der Waals surface area (Å²) in [6.45, 7) is -0.132. The fourth-order valence-electron chi connectivity index (χ4n) is 2.59. The van der Waals surface area contributed by atoms with E-state index in [1.807, 2.05) is 0 Å². The number of nitrogens with zero attached hydrogens (tertiary/aromatic N) is 4. The minimum Gasteiger partial charge on any atom is -0.388 e. The molecule has 4 atom stereocenters. The number of aromatic nitrogens is 4.